The number of hydrogen-bond donors (Lipinski definition) is 1. The highest BCUT2D eigenvalue weighted by molar-refractivity contribution is 5.81. The van der Waals surface area contributed by atoms with Crippen LogP contribution in [0.5, 0.6) is 5.75 Å². The van der Waals surface area contributed by atoms with Gasteiger partial charge in [0, 0.05) is 19.6 Å². The van der Waals surface area contributed by atoms with Crippen LogP contribution in [0.3, 0.4) is 0 Å². The summed E-state index contributed by atoms with van der Waals surface area (Å²) in [4.78, 5) is 27.1. The molecule has 156 valence electrons. The van der Waals surface area contributed by atoms with Crippen LogP contribution < -0.4 is 4.74 Å². The van der Waals surface area contributed by atoms with Crippen molar-refractivity contribution in [3.63, 3.8) is 0 Å². The lowest BCUT2D eigenvalue weighted by Crippen LogP contribution is -2.52. The number of aryl methyl sites for hydroxylation is 1. The van der Waals surface area contributed by atoms with Gasteiger partial charge < -0.3 is 19.5 Å². The molecule has 7 heteroatoms. The van der Waals surface area contributed by atoms with Crippen molar-refractivity contribution in [1.82, 2.24) is 9.80 Å². The predicted molar refractivity (Wildman–Crippen MR) is 107 cm³/mol. The Bertz CT molecular complexity index is 691. The number of likely N-dealkylation sites (N-methyl/N-ethyl adjacent to an activating group) is 1. The summed E-state index contributed by atoms with van der Waals surface area (Å²) in [6.07, 6.45) is -0.808. The molecule has 1 aromatic rings. The van der Waals surface area contributed by atoms with E-state index in [4.69, 9.17) is 14.6 Å². The first-order valence-electron chi connectivity index (χ1n) is 9.75. The van der Waals surface area contributed by atoms with Gasteiger partial charge >= 0.3 is 5.97 Å². The number of carbonyl (C=O) groups is 2. The van der Waals surface area contributed by atoms with Gasteiger partial charge in [-0.25, -0.2) is 0 Å². The third-order valence-electron chi connectivity index (χ3n) is 4.90. The predicted octanol–water partition coefficient (Wildman–Crippen LogP) is 2.13. The summed E-state index contributed by atoms with van der Waals surface area (Å²) in [5.74, 6) is 0.158. The average molecular weight is 392 g/mol. The lowest BCUT2D eigenvalue weighted by atomic mass is 10.0. The van der Waals surface area contributed by atoms with Crippen molar-refractivity contribution < 1.29 is 24.2 Å². The molecule has 0 saturated carbocycles. The molecule has 1 aromatic carbocycles. The lowest BCUT2D eigenvalue weighted by molar-refractivity contribution is -0.147. The Hall–Kier alpha value is -2.12. The molecule has 1 N–H and O–H groups in total. The molecule has 0 radical (unpaired) electrons. The van der Waals surface area contributed by atoms with Crippen LogP contribution in [0.25, 0.3) is 0 Å². The van der Waals surface area contributed by atoms with Gasteiger partial charge in [-0.2, -0.15) is 0 Å². The number of benzene rings is 1. The van der Waals surface area contributed by atoms with Crippen LogP contribution in [-0.2, 0) is 14.3 Å². The highest BCUT2D eigenvalue weighted by Crippen LogP contribution is 2.25. The molecule has 2 unspecified atom stereocenters. The van der Waals surface area contributed by atoms with E-state index in [1.165, 1.54) is 5.56 Å². The number of carboxylic acids is 1. The van der Waals surface area contributed by atoms with Crippen LogP contribution in [0.1, 0.15) is 37.8 Å². The molecule has 2 atom stereocenters. The van der Waals surface area contributed by atoms with E-state index in [1.54, 1.807) is 23.8 Å². The van der Waals surface area contributed by atoms with Gasteiger partial charge in [-0.15, -0.1) is 0 Å². The third-order valence-corrected chi connectivity index (χ3v) is 4.90. The zero-order valence-corrected chi connectivity index (χ0v) is 17.5. The molecule has 0 aromatic heterocycles. The summed E-state index contributed by atoms with van der Waals surface area (Å²) < 4.78 is 11.7. The summed E-state index contributed by atoms with van der Waals surface area (Å²) in [6, 6.07) is 6.11. The fraction of sp³-hybridized carbons (Fsp3) is 0.619. The van der Waals surface area contributed by atoms with E-state index in [0.717, 1.165) is 11.3 Å². The van der Waals surface area contributed by atoms with Gasteiger partial charge in [0.15, 0.2) is 6.10 Å². The van der Waals surface area contributed by atoms with Crippen molar-refractivity contribution in [3.8, 4) is 5.75 Å². The van der Waals surface area contributed by atoms with Gasteiger partial charge in [-0.3, -0.25) is 14.5 Å². The number of morpholine rings is 1. The van der Waals surface area contributed by atoms with Crippen LogP contribution in [0, 0.1) is 6.92 Å². The molecule has 1 aliphatic heterocycles. The molecule has 0 spiro atoms. The highest BCUT2D eigenvalue weighted by Gasteiger charge is 2.29. The normalized spacial score (nSPS) is 18.4. The first kappa shape index (κ1) is 22.2. The summed E-state index contributed by atoms with van der Waals surface area (Å²) in [5.41, 5.74) is 2.17. The van der Waals surface area contributed by atoms with E-state index in [2.05, 4.69) is 19.9 Å². The maximum Gasteiger partial charge on any atom is 0.317 e. The minimum absolute atomic E-state index is 0.0568. The second-order valence-corrected chi connectivity index (χ2v) is 7.81. The number of nitrogens with zero attached hydrogens (tertiary/aromatic N) is 2. The minimum Gasteiger partial charge on any atom is -0.481 e. The van der Waals surface area contributed by atoms with Crippen molar-refractivity contribution in [1.29, 1.82) is 0 Å². The summed E-state index contributed by atoms with van der Waals surface area (Å²) in [6.45, 7) is 9.77. The molecule has 1 aliphatic rings. The largest absolute Gasteiger partial charge is 0.481 e. The Morgan fingerprint density at radius 2 is 2.07 bits per heavy atom. The second-order valence-electron chi connectivity index (χ2n) is 7.81. The fourth-order valence-electron chi connectivity index (χ4n) is 3.27. The van der Waals surface area contributed by atoms with Gasteiger partial charge in [-0.05, 0) is 44.0 Å². The van der Waals surface area contributed by atoms with Gasteiger partial charge in [0.1, 0.15) is 5.75 Å². The third kappa shape index (κ3) is 6.21. The number of carboxylic acid groups (broad SMARTS) is 1. The van der Waals surface area contributed by atoms with Gasteiger partial charge in [0.25, 0.3) is 5.91 Å². The maximum absolute atomic E-state index is 12.9. The molecule has 0 bridgehead atoms. The maximum atomic E-state index is 12.9. The Labute approximate surface area is 167 Å². The van der Waals surface area contributed by atoms with Crippen molar-refractivity contribution in [2.24, 2.45) is 0 Å². The molecule has 0 aliphatic carbocycles. The zero-order chi connectivity index (χ0) is 20.8. The molecule has 28 heavy (non-hydrogen) atoms. The Kier molecular flexibility index (Phi) is 7.83. The molecular weight excluding hydrogens is 360 g/mol. The van der Waals surface area contributed by atoms with Crippen molar-refractivity contribution in [2.45, 2.75) is 45.8 Å². The number of aliphatic carboxylic acids is 1. The van der Waals surface area contributed by atoms with E-state index in [9.17, 15) is 9.59 Å². The molecular formula is C21H32N2O5. The second kappa shape index (κ2) is 9.89. The van der Waals surface area contributed by atoms with Gasteiger partial charge in [-0.1, -0.05) is 26.0 Å². The molecule has 1 heterocycles. The highest BCUT2D eigenvalue weighted by atomic mass is 16.5. The Balaban J connectivity index is 1.97. The molecule has 2 rings (SSSR count). The zero-order valence-electron chi connectivity index (χ0n) is 17.5. The molecule has 1 fully saturated rings. The number of hydrogen-bond acceptors (Lipinski definition) is 5. The van der Waals surface area contributed by atoms with Gasteiger partial charge in [0.05, 0.1) is 19.3 Å². The Morgan fingerprint density at radius 3 is 2.71 bits per heavy atom. The summed E-state index contributed by atoms with van der Waals surface area (Å²) in [7, 11) is 1.73. The number of carbonyl (C=O) groups excluding carboxylic acids is 1. The molecule has 7 nitrogen and oxygen atoms in total. The Morgan fingerprint density at radius 1 is 1.36 bits per heavy atom. The summed E-state index contributed by atoms with van der Waals surface area (Å²) >= 11 is 0. The quantitative estimate of drug-likeness (QED) is 0.730. The standard InChI is InChI=1S/C21H32N2O5/c1-14(2)17-7-6-15(3)19(10-17)28-16(4)21(26)23-8-9-27-18(12-23)11-22(5)13-20(24)25/h6-7,10,14,16,18H,8-9,11-13H2,1-5H3,(H,24,25). The monoisotopic (exact) mass is 392 g/mol. The van der Waals surface area contributed by atoms with E-state index in [-0.39, 0.29) is 18.6 Å². The van der Waals surface area contributed by atoms with Crippen LogP contribution in [0.4, 0.5) is 0 Å². The van der Waals surface area contributed by atoms with Crippen molar-refractivity contribution in [2.75, 3.05) is 39.8 Å². The number of amides is 1. The smallest absolute Gasteiger partial charge is 0.317 e. The van der Waals surface area contributed by atoms with E-state index < -0.39 is 12.1 Å². The SMILES string of the molecule is Cc1ccc(C(C)C)cc1OC(C)C(=O)N1CCOC(CN(C)CC(=O)O)C1. The molecule has 1 amide bonds. The lowest BCUT2D eigenvalue weighted by Gasteiger charge is -2.35. The minimum atomic E-state index is -0.882. The van der Waals surface area contributed by atoms with Crippen molar-refractivity contribution >= 4 is 11.9 Å². The van der Waals surface area contributed by atoms with Crippen molar-refractivity contribution in [3.05, 3.63) is 29.3 Å². The van der Waals surface area contributed by atoms with E-state index in [1.807, 2.05) is 19.1 Å². The fourth-order valence-corrected chi connectivity index (χ4v) is 3.27. The topological polar surface area (TPSA) is 79.3 Å². The van der Waals surface area contributed by atoms with Crippen LogP contribution in [0.15, 0.2) is 18.2 Å². The molecule has 1 saturated heterocycles. The number of ether oxygens (including phenoxy) is 2. The summed E-state index contributed by atoms with van der Waals surface area (Å²) in [5, 5.41) is 8.88. The van der Waals surface area contributed by atoms with Crippen LogP contribution in [0.2, 0.25) is 0 Å². The first-order chi connectivity index (χ1) is 13.2. The van der Waals surface area contributed by atoms with Gasteiger partial charge in [0.2, 0.25) is 0 Å². The number of rotatable bonds is 8. The van der Waals surface area contributed by atoms with Crippen LogP contribution >= 0.6 is 0 Å². The van der Waals surface area contributed by atoms with Crippen LogP contribution in [-0.4, -0.2) is 78.8 Å². The van der Waals surface area contributed by atoms with E-state index >= 15 is 0 Å². The average Bonchev–Trinajstić information content (AvgIpc) is 2.62. The first-order valence-corrected chi connectivity index (χ1v) is 9.75. The van der Waals surface area contributed by atoms with E-state index in [0.29, 0.717) is 32.2 Å².